The van der Waals surface area contributed by atoms with Gasteiger partial charge in [0.1, 0.15) is 11.5 Å². The van der Waals surface area contributed by atoms with E-state index < -0.39 is 0 Å². The molecular weight excluding hydrogens is 228 g/mol. The van der Waals surface area contributed by atoms with Crippen LogP contribution in [-0.2, 0) is 9.53 Å². The maximum atomic E-state index is 11.7. The Bertz CT molecular complexity index is 619. The van der Waals surface area contributed by atoms with E-state index in [1.807, 2.05) is 30.3 Å². The van der Waals surface area contributed by atoms with Gasteiger partial charge in [-0.1, -0.05) is 30.3 Å². The smallest absolute Gasteiger partial charge is 0.343 e. The Morgan fingerprint density at radius 3 is 2.56 bits per heavy atom. The number of rotatable bonds is 2. The number of carbonyl (C=O) groups excluding carboxylic acids is 1. The SMILES string of the molecule is O=C1OC(c2ccccc2)=C/C1=C\c1ccco1. The van der Waals surface area contributed by atoms with Crippen LogP contribution in [0.5, 0.6) is 0 Å². The van der Waals surface area contributed by atoms with Gasteiger partial charge >= 0.3 is 5.97 Å². The first-order valence-electron chi connectivity index (χ1n) is 5.57. The zero-order valence-electron chi connectivity index (χ0n) is 9.50. The van der Waals surface area contributed by atoms with Crippen LogP contribution in [0.25, 0.3) is 11.8 Å². The standard InChI is InChI=1S/C15H10O3/c16-15-12(9-13-7-4-8-17-13)10-14(18-15)11-5-2-1-3-6-11/h1-10H/b12-9+. The molecule has 0 aliphatic carbocycles. The zero-order chi connectivity index (χ0) is 12.4. The van der Waals surface area contributed by atoms with E-state index in [1.54, 1.807) is 30.5 Å². The van der Waals surface area contributed by atoms with E-state index >= 15 is 0 Å². The molecule has 18 heavy (non-hydrogen) atoms. The molecule has 88 valence electrons. The Balaban J connectivity index is 1.95. The van der Waals surface area contributed by atoms with Crippen molar-refractivity contribution in [3.05, 3.63) is 71.7 Å². The van der Waals surface area contributed by atoms with Crippen molar-refractivity contribution < 1.29 is 13.9 Å². The fourth-order valence-electron chi connectivity index (χ4n) is 1.76. The van der Waals surface area contributed by atoms with Crippen molar-refractivity contribution >= 4 is 17.8 Å². The van der Waals surface area contributed by atoms with Gasteiger partial charge in [0.05, 0.1) is 11.8 Å². The molecule has 1 aliphatic heterocycles. The minimum Gasteiger partial charge on any atom is -0.465 e. The fourth-order valence-corrected chi connectivity index (χ4v) is 1.76. The molecule has 0 radical (unpaired) electrons. The lowest BCUT2D eigenvalue weighted by atomic mass is 10.1. The second-order valence-electron chi connectivity index (χ2n) is 3.88. The van der Waals surface area contributed by atoms with Gasteiger partial charge in [-0.05, 0) is 24.3 Å². The average Bonchev–Trinajstić information content (AvgIpc) is 3.02. The molecule has 0 spiro atoms. The molecule has 2 heterocycles. The Morgan fingerprint density at radius 1 is 1.00 bits per heavy atom. The summed E-state index contributed by atoms with van der Waals surface area (Å²) < 4.78 is 10.4. The van der Waals surface area contributed by atoms with Crippen molar-refractivity contribution in [3.63, 3.8) is 0 Å². The third-order valence-corrected chi connectivity index (χ3v) is 2.62. The van der Waals surface area contributed by atoms with E-state index in [0.29, 0.717) is 17.1 Å². The van der Waals surface area contributed by atoms with Gasteiger partial charge in [0.25, 0.3) is 0 Å². The summed E-state index contributed by atoms with van der Waals surface area (Å²) in [5, 5.41) is 0. The summed E-state index contributed by atoms with van der Waals surface area (Å²) >= 11 is 0. The van der Waals surface area contributed by atoms with Crippen molar-refractivity contribution in [2.24, 2.45) is 0 Å². The average molecular weight is 238 g/mol. The van der Waals surface area contributed by atoms with Gasteiger partial charge < -0.3 is 9.15 Å². The molecule has 0 bridgehead atoms. The Labute approximate surface area is 104 Å². The number of hydrogen-bond donors (Lipinski definition) is 0. The quantitative estimate of drug-likeness (QED) is 0.595. The van der Waals surface area contributed by atoms with Gasteiger partial charge in [0.2, 0.25) is 0 Å². The van der Waals surface area contributed by atoms with Crippen LogP contribution in [0.15, 0.2) is 64.8 Å². The topological polar surface area (TPSA) is 39.4 Å². The predicted molar refractivity (Wildman–Crippen MR) is 67.2 cm³/mol. The molecule has 1 aromatic carbocycles. The summed E-state index contributed by atoms with van der Waals surface area (Å²) in [5.74, 6) is 0.844. The van der Waals surface area contributed by atoms with Crippen LogP contribution >= 0.6 is 0 Å². The predicted octanol–water partition coefficient (Wildman–Crippen LogP) is 3.26. The first-order chi connectivity index (χ1) is 8.83. The maximum Gasteiger partial charge on any atom is 0.343 e. The molecule has 3 rings (SSSR count). The van der Waals surface area contributed by atoms with Crippen molar-refractivity contribution in [1.82, 2.24) is 0 Å². The molecule has 1 aliphatic rings. The first-order valence-corrected chi connectivity index (χ1v) is 5.57. The summed E-state index contributed by atoms with van der Waals surface area (Å²) in [5.41, 5.74) is 1.37. The highest BCUT2D eigenvalue weighted by Crippen LogP contribution is 2.27. The van der Waals surface area contributed by atoms with Crippen LogP contribution < -0.4 is 0 Å². The van der Waals surface area contributed by atoms with Crippen LogP contribution in [0.3, 0.4) is 0 Å². The first kappa shape index (κ1) is 10.6. The van der Waals surface area contributed by atoms with E-state index in [4.69, 9.17) is 9.15 Å². The minimum atomic E-state index is -0.356. The van der Waals surface area contributed by atoms with Crippen LogP contribution in [0.4, 0.5) is 0 Å². The lowest BCUT2D eigenvalue weighted by Crippen LogP contribution is -1.96. The maximum absolute atomic E-state index is 11.7. The molecule has 3 heteroatoms. The molecule has 0 saturated carbocycles. The third-order valence-electron chi connectivity index (χ3n) is 2.62. The van der Waals surface area contributed by atoms with Gasteiger partial charge in [-0.25, -0.2) is 4.79 Å². The van der Waals surface area contributed by atoms with Crippen molar-refractivity contribution in [2.75, 3.05) is 0 Å². The van der Waals surface area contributed by atoms with Gasteiger partial charge in [-0.3, -0.25) is 0 Å². The van der Waals surface area contributed by atoms with E-state index in [-0.39, 0.29) is 5.97 Å². The van der Waals surface area contributed by atoms with E-state index in [9.17, 15) is 4.79 Å². The Kier molecular flexibility index (Phi) is 2.57. The molecule has 0 atom stereocenters. The molecule has 1 aromatic heterocycles. The highest BCUT2D eigenvalue weighted by atomic mass is 16.5. The number of hydrogen-bond acceptors (Lipinski definition) is 3. The molecule has 2 aromatic rings. The van der Waals surface area contributed by atoms with E-state index in [0.717, 1.165) is 5.56 Å². The van der Waals surface area contributed by atoms with Gasteiger partial charge in [0, 0.05) is 5.56 Å². The number of carbonyl (C=O) groups is 1. The summed E-state index contributed by atoms with van der Waals surface area (Å²) in [6.45, 7) is 0. The minimum absolute atomic E-state index is 0.356. The summed E-state index contributed by atoms with van der Waals surface area (Å²) in [6.07, 6.45) is 4.95. The monoisotopic (exact) mass is 238 g/mol. The second-order valence-corrected chi connectivity index (χ2v) is 3.88. The van der Waals surface area contributed by atoms with Crippen molar-refractivity contribution in [1.29, 1.82) is 0 Å². The summed E-state index contributed by atoms with van der Waals surface area (Å²) in [6, 6.07) is 13.1. The van der Waals surface area contributed by atoms with Gasteiger partial charge in [-0.2, -0.15) is 0 Å². The number of benzene rings is 1. The number of cyclic esters (lactones) is 1. The largest absolute Gasteiger partial charge is 0.465 e. The molecule has 0 saturated heterocycles. The molecule has 3 nitrogen and oxygen atoms in total. The highest BCUT2D eigenvalue weighted by Gasteiger charge is 2.21. The van der Waals surface area contributed by atoms with Crippen LogP contribution in [-0.4, -0.2) is 5.97 Å². The molecule has 0 amide bonds. The van der Waals surface area contributed by atoms with E-state index in [1.165, 1.54) is 0 Å². The van der Waals surface area contributed by atoms with Crippen molar-refractivity contribution in [2.45, 2.75) is 0 Å². The molecule has 0 unspecified atom stereocenters. The fraction of sp³-hybridized carbons (Fsp3) is 0. The molecule has 0 fully saturated rings. The normalized spacial score (nSPS) is 16.8. The van der Waals surface area contributed by atoms with Crippen LogP contribution in [0, 0.1) is 0 Å². The molecule has 0 N–H and O–H groups in total. The highest BCUT2D eigenvalue weighted by molar-refractivity contribution is 6.04. The lowest BCUT2D eigenvalue weighted by molar-refractivity contribution is -0.130. The zero-order valence-corrected chi connectivity index (χ0v) is 9.50. The number of ether oxygens (including phenoxy) is 1. The van der Waals surface area contributed by atoms with Gasteiger partial charge in [-0.15, -0.1) is 0 Å². The van der Waals surface area contributed by atoms with Gasteiger partial charge in [0.15, 0.2) is 0 Å². The Morgan fingerprint density at radius 2 is 1.83 bits per heavy atom. The molecular formula is C15H10O3. The number of esters is 1. The third kappa shape index (κ3) is 1.98. The van der Waals surface area contributed by atoms with Crippen LogP contribution in [0.2, 0.25) is 0 Å². The van der Waals surface area contributed by atoms with Crippen LogP contribution in [0.1, 0.15) is 11.3 Å². The number of furan rings is 1. The lowest BCUT2D eigenvalue weighted by Gasteiger charge is -1.99. The van der Waals surface area contributed by atoms with Crippen molar-refractivity contribution in [3.8, 4) is 0 Å². The second kappa shape index (κ2) is 4.37. The Hall–Kier alpha value is -2.55. The van der Waals surface area contributed by atoms with E-state index in [2.05, 4.69) is 0 Å². The summed E-state index contributed by atoms with van der Waals surface area (Å²) in [4.78, 5) is 11.7. The summed E-state index contributed by atoms with van der Waals surface area (Å²) in [7, 11) is 0.